The fourth-order valence-electron chi connectivity index (χ4n) is 3.47. The van der Waals surface area contributed by atoms with Gasteiger partial charge in [0.15, 0.2) is 5.69 Å². The molecule has 2 aromatic heterocycles. The molecule has 2 aromatic carbocycles. The van der Waals surface area contributed by atoms with Crippen molar-refractivity contribution in [1.82, 2.24) is 14.9 Å². The SMILES string of the molecule is Cc1nn(Cc2ccc(Cl)cc2Cl)c(C)c1NC(=O)c1noc(C)c1COc1ccccc1Cl. The number of amides is 1. The Balaban J connectivity index is 1.53. The Morgan fingerprint density at radius 3 is 2.59 bits per heavy atom. The number of halogens is 3. The topological polar surface area (TPSA) is 82.2 Å². The number of hydrogen-bond acceptors (Lipinski definition) is 5. The minimum Gasteiger partial charge on any atom is -0.487 e. The van der Waals surface area contributed by atoms with Crippen LogP contribution in [0, 0.1) is 20.8 Å². The van der Waals surface area contributed by atoms with Crippen LogP contribution in [0.3, 0.4) is 0 Å². The van der Waals surface area contributed by atoms with E-state index in [1.165, 1.54) is 0 Å². The predicted octanol–water partition coefficient (Wildman–Crippen LogP) is 6.64. The predicted molar refractivity (Wildman–Crippen MR) is 132 cm³/mol. The Morgan fingerprint density at radius 1 is 1.09 bits per heavy atom. The molecular formula is C24H21Cl3N4O3. The van der Waals surface area contributed by atoms with E-state index in [4.69, 9.17) is 44.1 Å². The summed E-state index contributed by atoms with van der Waals surface area (Å²) >= 11 is 18.5. The van der Waals surface area contributed by atoms with Gasteiger partial charge in [-0.05, 0) is 50.6 Å². The van der Waals surface area contributed by atoms with Crippen molar-refractivity contribution in [2.24, 2.45) is 0 Å². The summed E-state index contributed by atoms with van der Waals surface area (Å²) in [5.74, 6) is 0.563. The zero-order valence-electron chi connectivity index (χ0n) is 18.7. The number of para-hydroxylation sites is 1. The number of carbonyl (C=O) groups excluding carboxylic acids is 1. The number of aryl methyl sites for hydroxylation is 2. The lowest BCUT2D eigenvalue weighted by Crippen LogP contribution is -2.16. The molecule has 1 N–H and O–H groups in total. The molecule has 10 heteroatoms. The van der Waals surface area contributed by atoms with Gasteiger partial charge in [-0.3, -0.25) is 9.48 Å². The molecule has 0 aliphatic heterocycles. The Hall–Kier alpha value is -3.00. The van der Waals surface area contributed by atoms with Crippen LogP contribution >= 0.6 is 34.8 Å². The molecule has 0 saturated heterocycles. The van der Waals surface area contributed by atoms with Crippen LogP contribution in [0.25, 0.3) is 0 Å². The van der Waals surface area contributed by atoms with Crippen LogP contribution in [0.1, 0.15) is 38.8 Å². The van der Waals surface area contributed by atoms with E-state index in [1.807, 2.05) is 32.0 Å². The maximum absolute atomic E-state index is 13.1. The van der Waals surface area contributed by atoms with Gasteiger partial charge in [0.05, 0.1) is 34.2 Å². The van der Waals surface area contributed by atoms with Crippen molar-refractivity contribution in [1.29, 1.82) is 0 Å². The first kappa shape index (κ1) is 24.1. The number of nitrogens with zero attached hydrogens (tertiary/aromatic N) is 3. The lowest BCUT2D eigenvalue weighted by molar-refractivity contribution is 0.101. The van der Waals surface area contributed by atoms with Crippen LogP contribution < -0.4 is 10.1 Å². The molecule has 0 radical (unpaired) electrons. The number of anilines is 1. The fraction of sp³-hybridized carbons (Fsp3) is 0.208. The van der Waals surface area contributed by atoms with Gasteiger partial charge in [-0.15, -0.1) is 0 Å². The molecule has 34 heavy (non-hydrogen) atoms. The van der Waals surface area contributed by atoms with Crippen molar-refractivity contribution >= 4 is 46.4 Å². The molecule has 2 heterocycles. The average molecular weight is 520 g/mol. The van der Waals surface area contributed by atoms with Gasteiger partial charge in [-0.2, -0.15) is 5.10 Å². The zero-order valence-corrected chi connectivity index (χ0v) is 20.9. The standard InChI is InChI=1S/C24H21Cl3N4O3/c1-13-22(14(2)31(29-13)11-16-8-9-17(25)10-20(16)27)28-24(32)23-18(15(3)34-30-23)12-33-21-7-5-4-6-19(21)26/h4-10H,11-12H2,1-3H3,(H,28,32). The van der Waals surface area contributed by atoms with Crippen LogP contribution in [0.4, 0.5) is 5.69 Å². The highest BCUT2D eigenvalue weighted by atomic mass is 35.5. The Kier molecular flexibility index (Phi) is 7.16. The van der Waals surface area contributed by atoms with Crippen LogP contribution in [0.15, 0.2) is 47.0 Å². The average Bonchev–Trinajstić information content (AvgIpc) is 3.29. The van der Waals surface area contributed by atoms with Gasteiger partial charge < -0.3 is 14.6 Å². The molecule has 7 nitrogen and oxygen atoms in total. The molecule has 0 atom stereocenters. The molecule has 0 bridgehead atoms. The molecule has 0 fully saturated rings. The number of aromatic nitrogens is 3. The molecule has 0 unspecified atom stereocenters. The zero-order chi connectivity index (χ0) is 24.4. The summed E-state index contributed by atoms with van der Waals surface area (Å²) in [7, 11) is 0. The molecule has 0 aliphatic carbocycles. The van der Waals surface area contributed by atoms with E-state index in [2.05, 4.69) is 15.6 Å². The number of hydrogen-bond donors (Lipinski definition) is 1. The van der Waals surface area contributed by atoms with Crippen molar-refractivity contribution in [2.75, 3.05) is 5.32 Å². The van der Waals surface area contributed by atoms with Crippen molar-refractivity contribution in [3.8, 4) is 5.75 Å². The van der Waals surface area contributed by atoms with Crippen LogP contribution in [-0.2, 0) is 13.2 Å². The van der Waals surface area contributed by atoms with Crippen LogP contribution in [0.2, 0.25) is 15.1 Å². The van der Waals surface area contributed by atoms with Crippen LogP contribution in [-0.4, -0.2) is 20.8 Å². The van der Waals surface area contributed by atoms with E-state index in [1.54, 1.807) is 35.9 Å². The van der Waals surface area contributed by atoms with Crippen LogP contribution in [0.5, 0.6) is 5.75 Å². The lowest BCUT2D eigenvalue weighted by Gasteiger charge is -2.09. The number of ether oxygens (including phenoxy) is 1. The van der Waals surface area contributed by atoms with Crippen molar-refractivity contribution in [2.45, 2.75) is 33.9 Å². The van der Waals surface area contributed by atoms with Crippen molar-refractivity contribution < 1.29 is 14.1 Å². The number of benzene rings is 2. The van der Waals surface area contributed by atoms with Gasteiger partial charge in [0.2, 0.25) is 0 Å². The largest absolute Gasteiger partial charge is 0.487 e. The summed E-state index contributed by atoms with van der Waals surface area (Å²) in [4.78, 5) is 13.1. The highest BCUT2D eigenvalue weighted by molar-refractivity contribution is 6.35. The Labute approximate surface area is 211 Å². The normalized spacial score (nSPS) is 11.0. The second-order valence-corrected chi connectivity index (χ2v) is 8.93. The van der Waals surface area contributed by atoms with E-state index in [0.29, 0.717) is 50.1 Å². The molecule has 4 aromatic rings. The number of nitrogens with one attached hydrogen (secondary N) is 1. The number of carbonyl (C=O) groups is 1. The molecular weight excluding hydrogens is 499 g/mol. The van der Waals surface area contributed by atoms with E-state index in [9.17, 15) is 4.79 Å². The quantitative estimate of drug-likeness (QED) is 0.296. The number of rotatable bonds is 7. The van der Waals surface area contributed by atoms with Gasteiger partial charge >= 0.3 is 0 Å². The van der Waals surface area contributed by atoms with Gasteiger partial charge in [0.25, 0.3) is 5.91 Å². The smallest absolute Gasteiger partial charge is 0.278 e. The molecule has 1 amide bonds. The van der Waals surface area contributed by atoms with E-state index in [-0.39, 0.29) is 12.3 Å². The monoisotopic (exact) mass is 518 g/mol. The fourth-order valence-corrected chi connectivity index (χ4v) is 4.13. The third kappa shape index (κ3) is 5.06. The summed E-state index contributed by atoms with van der Waals surface area (Å²) in [6, 6.07) is 12.4. The molecule has 176 valence electrons. The summed E-state index contributed by atoms with van der Waals surface area (Å²) in [5, 5.41) is 13.0. The first-order chi connectivity index (χ1) is 16.2. The summed E-state index contributed by atoms with van der Waals surface area (Å²) < 4.78 is 12.8. The lowest BCUT2D eigenvalue weighted by atomic mass is 10.2. The van der Waals surface area contributed by atoms with Gasteiger partial charge in [-0.1, -0.05) is 58.2 Å². The second-order valence-electron chi connectivity index (χ2n) is 7.68. The Morgan fingerprint density at radius 2 is 1.85 bits per heavy atom. The minimum atomic E-state index is -0.426. The van der Waals surface area contributed by atoms with E-state index >= 15 is 0 Å². The van der Waals surface area contributed by atoms with Crippen molar-refractivity contribution in [3.05, 3.63) is 91.5 Å². The maximum atomic E-state index is 13.1. The van der Waals surface area contributed by atoms with E-state index in [0.717, 1.165) is 11.3 Å². The van der Waals surface area contributed by atoms with Gasteiger partial charge in [-0.25, -0.2) is 0 Å². The summed E-state index contributed by atoms with van der Waals surface area (Å²) in [5.41, 5.74) is 3.55. The second kappa shape index (κ2) is 10.1. The third-order valence-corrected chi connectivity index (χ3v) is 6.26. The first-order valence-corrected chi connectivity index (χ1v) is 11.5. The first-order valence-electron chi connectivity index (χ1n) is 10.4. The third-order valence-electron chi connectivity index (χ3n) is 5.36. The maximum Gasteiger partial charge on any atom is 0.278 e. The van der Waals surface area contributed by atoms with Crippen molar-refractivity contribution in [3.63, 3.8) is 0 Å². The van der Waals surface area contributed by atoms with Gasteiger partial charge in [0.1, 0.15) is 18.1 Å². The van der Waals surface area contributed by atoms with Gasteiger partial charge in [0, 0.05) is 10.0 Å². The summed E-state index contributed by atoms with van der Waals surface area (Å²) in [6.45, 7) is 5.92. The molecule has 4 rings (SSSR count). The summed E-state index contributed by atoms with van der Waals surface area (Å²) in [6.07, 6.45) is 0. The molecule has 0 saturated carbocycles. The minimum absolute atomic E-state index is 0.0775. The molecule has 0 spiro atoms. The van der Waals surface area contributed by atoms with E-state index < -0.39 is 5.91 Å². The highest BCUT2D eigenvalue weighted by Gasteiger charge is 2.23. The Bertz CT molecular complexity index is 1360. The molecule has 0 aliphatic rings. The highest BCUT2D eigenvalue weighted by Crippen LogP contribution is 2.27.